The molecule has 0 aliphatic heterocycles. The summed E-state index contributed by atoms with van der Waals surface area (Å²) in [6.07, 6.45) is 4.19. The first-order valence-electron chi connectivity index (χ1n) is 6.19. The van der Waals surface area contributed by atoms with E-state index in [1.54, 1.807) is 6.20 Å². The van der Waals surface area contributed by atoms with Gasteiger partial charge in [-0.1, -0.05) is 0 Å². The monoisotopic (exact) mass is 285 g/mol. The highest BCUT2D eigenvalue weighted by molar-refractivity contribution is 6.04. The molecular formula is C14H9F2N5. The summed E-state index contributed by atoms with van der Waals surface area (Å²) in [7, 11) is 0. The summed E-state index contributed by atoms with van der Waals surface area (Å²) < 4.78 is 27.4. The molecule has 0 fully saturated rings. The predicted octanol–water partition coefficient (Wildman–Crippen LogP) is 2.97. The third-order valence-electron chi connectivity index (χ3n) is 3.49. The van der Waals surface area contributed by atoms with Gasteiger partial charge in [0.05, 0.1) is 29.0 Å². The number of pyridine rings is 1. The zero-order chi connectivity index (χ0) is 14.6. The first-order chi connectivity index (χ1) is 10.1. The summed E-state index contributed by atoms with van der Waals surface area (Å²) in [5.74, 6) is -0.967. The molecule has 0 amide bonds. The van der Waals surface area contributed by atoms with E-state index in [0.29, 0.717) is 33.1 Å². The van der Waals surface area contributed by atoms with Gasteiger partial charge in [0.1, 0.15) is 11.5 Å². The fraction of sp³-hybridized carbons (Fsp3) is 0. The Hall–Kier alpha value is -2.96. The highest BCUT2D eigenvalue weighted by atomic mass is 19.1. The number of nitrogen functional groups attached to an aromatic ring is 1. The van der Waals surface area contributed by atoms with E-state index in [-0.39, 0.29) is 5.69 Å². The Kier molecular flexibility index (Phi) is 2.26. The number of nitrogens with one attached hydrogen (secondary N) is 2. The largest absolute Gasteiger partial charge is 0.396 e. The smallest absolute Gasteiger partial charge is 0.157 e. The van der Waals surface area contributed by atoms with E-state index in [0.717, 1.165) is 6.20 Å². The number of halogens is 2. The van der Waals surface area contributed by atoms with E-state index in [1.807, 2.05) is 0 Å². The van der Waals surface area contributed by atoms with Gasteiger partial charge >= 0.3 is 0 Å². The Morgan fingerprint density at radius 3 is 2.76 bits per heavy atom. The fourth-order valence-corrected chi connectivity index (χ4v) is 2.52. The van der Waals surface area contributed by atoms with Crippen molar-refractivity contribution in [3.8, 4) is 11.1 Å². The van der Waals surface area contributed by atoms with Crippen LogP contribution in [0.25, 0.3) is 33.1 Å². The molecule has 0 saturated heterocycles. The van der Waals surface area contributed by atoms with E-state index in [4.69, 9.17) is 5.73 Å². The number of aromatic amines is 2. The lowest BCUT2D eigenvalue weighted by atomic mass is 10.0. The van der Waals surface area contributed by atoms with E-state index >= 15 is 0 Å². The van der Waals surface area contributed by atoms with Crippen molar-refractivity contribution in [3.05, 3.63) is 42.4 Å². The number of aromatic nitrogens is 4. The number of nitrogens with zero attached hydrogens (tertiary/aromatic N) is 2. The van der Waals surface area contributed by atoms with E-state index in [1.165, 1.54) is 18.3 Å². The van der Waals surface area contributed by atoms with Crippen LogP contribution >= 0.6 is 0 Å². The SMILES string of the molecule is Nc1cc(-c2c[nH]c3ncc(F)cc23)c2[nH]ncc2c1F. The van der Waals surface area contributed by atoms with Crippen LogP contribution in [0.5, 0.6) is 0 Å². The van der Waals surface area contributed by atoms with Gasteiger partial charge in [0.15, 0.2) is 5.82 Å². The third-order valence-corrected chi connectivity index (χ3v) is 3.49. The predicted molar refractivity (Wildman–Crippen MR) is 75.5 cm³/mol. The first-order valence-corrected chi connectivity index (χ1v) is 6.19. The van der Waals surface area contributed by atoms with E-state index in [9.17, 15) is 8.78 Å². The molecule has 4 rings (SSSR count). The molecule has 21 heavy (non-hydrogen) atoms. The summed E-state index contributed by atoms with van der Waals surface area (Å²) in [6.45, 7) is 0. The maximum absolute atomic E-state index is 14.0. The van der Waals surface area contributed by atoms with Crippen molar-refractivity contribution in [1.82, 2.24) is 20.2 Å². The van der Waals surface area contributed by atoms with Gasteiger partial charge < -0.3 is 10.7 Å². The Balaban J connectivity index is 2.11. The number of H-pyrrole nitrogens is 2. The number of hydrogen-bond acceptors (Lipinski definition) is 3. The summed E-state index contributed by atoms with van der Waals surface area (Å²) in [5.41, 5.74) is 8.09. The Labute approximate surface area is 116 Å². The van der Waals surface area contributed by atoms with Crippen molar-refractivity contribution in [2.45, 2.75) is 0 Å². The van der Waals surface area contributed by atoms with Crippen LogP contribution in [-0.2, 0) is 0 Å². The fourth-order valence-electron chi connectivity index (χ4n) is 2.52. The molecule has 4 N–H and O–H groups in total. The lowest BCUT2D eigenvalue weighted by molar-refractivity contribution is 0.624. The van der Waals surface area contributed by atoms with Gasteiger partial charge in [-0.05, 0) is 12.1 Å². The molecule has 7 heteroatoms. The molecule has 0 unspecified atom stereocenters. The van der Waals surface area contributed by atoms with Crippen molar-refractivity contribution in [2.75, 3.05) is 5.73 Å². The summed E-state index contributed by atoms with van der Waals surface area (Å²) in [5, 5.41) is 7.49. The summed E-state index contributed by atoms with van der Waals surface area (Å²) >= 11 is 0. The zero-order valence-corrected chi connectivity index (χ0v) is 10.6. The standard InChI is InChI=1S/C14H9F2N5/c15-6-1-8-9(4-19-14(8)18-3-6)7-2-11(17)12(16)10-5-20-21-13(7)10/h1-5H,17H2,(H,18,19)(H,20,21). The third kappa shape index (κ3) is 1.60. The number of rotatable bonds is 1. The minimum absolute atomic E-state index is 0.0117. The van der Waals surface area contributed by atoms with Crippen molar-refractivity contribution >= 4 is 27.6 Å². The second kappa shape index (κ2) is 4.02. The summed E-state index contributed by atoms with van der Waals surface area (Å²) in [4.78, 5) is 6.93. The van der Waals surface area contributed by atoms with Gasteiger partial charge in [0.2, 0.25) is 0 Å². The number of anilines is 1. The van der Waals surface area contributed by atoms with E-state index in [2.05, 4.69) is 20.2 Å². The molecule has 5 nitrogen and oxygen atoms in total. The number of benzene rings is 1. The molecule has 0 atom stereocenters. The average molecular weight is 285 g/mol. The second-order valence-corrected chi connectivity index (χ2v) is 4.74. The van der Waals surface area contributed by atoms with Crippen LogP contribution in [-0.4, -0.2) is 20.2 Å². The molecule has 3 aromatic heterocycles. The average Bonchev–Trinajstić information content (AvgIpc) is 3.09. The van der Waals surface area contributed by atoms with Crippen LogP contribution in [0.15, 0.2) is 30.7 Å². The van der Waals surface area contributed by atoms with Crippen molar-refractivity contribution in [1.29, 1.82) is 0 Å². The Morgan fingerprint density at radius 2 is 1.90 bits per heavy atom. The second-order valence-electron chi connectivity index (χ2n) is 4.74. The normalized spacial score (nSPS) is 11.5. The Bertz CT molecular complexity index is 986. The van der Waals surface area contributed by atoms with Gasteiger partial charge in [0.25, 0.3) is 0 Å². The van der Waals surface area contributed by atoms with Crippen molar-refractivity contribution in [3.63, 3.8) is 0 Å². The molecule has 0 aliphatic carbocycles. The van der Waals surface area contributed by atoms with Gasteiger partial charge in [-0.15, -0.1) is 0 Å². The van der Waals surface area contributed by atoms with Gasteiger partial charge in [0, 0.05) is 22.7 Å². The zero-order valence-electron chi connectivity index (χ0n) is 10.6. The van der Waals surface area contributed by atoms with Crippen LogP contribution < -0.4 is 5.73 Å². The molecular weight excluding hydrogens is 276 g/mol. The minimum Gasteiger partial charge on any atom is -0.396 e. The molecule has 0 aliphatic rings. The summed E-state index contributed by atoms with van der Waals surface area (Å²) in [6, 6.07) is 2.87. The van der Waals surface area contributed by atoms with Gasteiger partial charge in [-0.2, -0.15) is 5.10 Å². The van der Waals surface area contributed by atoms with Gasteiger partial charge in [-0.3, -0.25) is 5.10 Å². The highest BCUT2D eigenvalue weighted by Crippen LogP contribution is 2.35. The molecule has 104 valence electrons. The van der Waals surface area contributed by atoms with Crippen LogP contribution in [0.1, 0.15) is 0 Å². The van der Waals surface area contributed by atoms with E-state index < -0.39 is 11.6 Å². The maximum Gasteiger partial charge on any atom is 0.157 e. The van der Waals surface area contributed by atoms with Crippen molar-refractivity contribution in [2.24, 2.45) is 0 Å². The lowest BCUT2D eigenvalue weighted by Crippen LogP contribution is -1.93. The minimum atomic E-state index is -0.522. The van der Waals surface area contributed by atoms with Crippen LogP contribution in [0.3, 0.4) is 0 Å². The molecule has 1 aromatic carbocycles. The topological polar surface area (TPSA) is 83.4 Å². The number of fused-ring (bicyclic) bond motifs is 2. The quantitative estimate of drug-likeness (QED) is 0.470. The van der Waals surface area contributed by atoms with Crippen LogP contribution in [0, 0.1) is 11.6 Å². The Morgan fingerprint density at radius 1 is 1.05 bits per heavy atom. The molecule has 0 spiro atoms. The molecule has 0 radical (unpaired) electrons. The van der Waals surface area contributed by atoms with Crippen LogP contribution in [0.2, 0.25) is 0 Å². The van der Waals surface area contributed by atoms with Crippen LogP contribution in [0.4, 0.5) is 14.5 Å². The highest BCUT2D eigenvalue weighted by Gasteiger charge is 2.16. The first kappa shape index (κ1) is 11.8. The molecule has 4 aromatic rings. The lowest BCUT2D eigenvalue weighted by Gasteiger charge is -2.05. The molecule has 3 heterocycles. The number of hydrogen-bond donors (Lipinski definition) is 3. The van der Waals surface area contributed by atoms with Gasteiger partial charge in [-0.25, -0.2) is 13.8 Å². The maximum atomic E-state index is 14.0. The molecule has 0 bridgehead atoms. The molecule has 0 saturated carbocycles. The number of nitrogens with two attached hydrogens (primary N) is 1. The van der Waals surface area contributed by atoms with Crippen molar-refractivity contribution < 1.29 is 8.78 Å².